The van der Waals surface area contributed by atoms with Gasteiger partial charge in [0.05, 0.1) is 18.8 Å². The van der Waals surface area contributed by atoms with Crippen LogP contribution in [0.25, 0.3) is 0 Å². The third-order valence-electron chi connectivity index (χ3n) is 6.71. The second kappa shape index (κ2) is 13.8. The molecule has 3 aromatic carbocycles. The van der Waals surface area contributed by atoms with E-state index in [1.807, 2.05) is 13.0 Å². The zero-order valence-electron chi connectivity index (χ0n) is 22.9. The van der Waals surface area contributed by atoms with Gasteiger partial charge >= 0.3 is 12.5 Å². The molecule has 0 atom stereocenters. The first-order valence-electron chi connectivity index (χ1n) is 13.4. The summed E-state index contributed by atoms with van der Waals surface area (Å²) in [5.74, 6) is -5.27. The van der Waals surface area contributed by atoms with Gasteiger partial charge in [-0.2, -0.15) is 8.78 Å². The first kappa shape index (κ1) is 32.3. The average Bonchev–Trinajstić information content (AvgIpc) is 2.94. The van der Waals surface area contributed by atoms with Crippen LogP contribution in [0.4, 0.5) is 35.1 Å². The lowest BCUT2D eigenvalue weighted by atomic mass is 10.0. The molecule has 43 heavy (non-hydrogen) atoms. The van der Waals surface area contributed by atoms with Crippen LogP contribution >= 0.6 is 0 Å². The molecule has 1 heterocycles. The minimum absolute atomic E-state index is 0.134. The van der Waals surface area contributed by atoms with Crippen molar-refractivity contribution >= 4 is 0 Å². The second-order valence-electron chi connectivity index (χ2n) is 9.93. The normalized spacial score (nSPS) is 17.8. The molecule has 1 fully saturated rings. The number of alkyl halides is 5. The van der Waals surface area contributed by atoms with Crippen LogP contribution in [0.5, 0.6) is 11.5 Å². The Labute approximate surface area is 242 Å². The highest BCUT2D eigenvalue weighted by molar-refractivity contribution is 5.34. The maximum absolute atomic E-state index is 14.9. The van der Waals surface area contributed by atoms with Crippen LogP contribution in [0.1, 0.15) is 48.3 Å². The molecule has 0 bridgehead atoms. The first-order valence-corrected chi connectivity index (χ1v) is 13.4. The lowest BCUT2D eigenvalue weighted by Crippen LogP contribution is -2.27. The zero-order valence-corrected chi connectivity index (χ0v) is 22.9. The van der Waals surface area contributed by atoms with E-state index in [-0.39, 0.29) is 24.3 Å². The summed E-state index contributed by atoms with van der Waals surface area (Å²) in [6.45, 7) is 2.88. The van der Waals surface area contributed by atoms with Crippen molar-refractivity contribution in [1.82, 2.24) is 0 Å². The summed E-state index contributed by atoms with van der Waals surface area (Å²) in [5, 5.41) is 0. The standard InChI is InChI=1S/C31H28F8O4/c1-2-3-4-5-20-17-40-29(41-18-20)21-8-10-22(11-9-21)30(35,36)42-23-15-25(32)24(26(33)16-23)12-6-19-7-13-28(27(34)14-19)43-31(37,38)39/h2-3,7-11,13-16,20,29H,4-6,12,17-18H2,1H3/b3-2+. The highest BCUT2D eigenvalue weighted by atomic mass is 19.4. The molecule has 1 aliphatic heterocycles. The van der Waals surface area contributed by atoms with Crippen molar-refractivity contribution in [2.24, 2.45) is 5.92 Å². The fourth-order valence-electron chi connectivity index (χ4n) is 4.50. The van der Waals surface area contributed by atoms with Gasteiger partial charge in [-0.25, -0.2) is 13.2 Å². The van der Waals surface area contributed by atoms with Crippen LogP contribution in [-0.2, 0) is 28.4 Å². The van der Waals surface area contributed by atoms with Crippen molar-refractivity contribution in [1.29, 1.82) is 0 Å². The first-order chi connectivity index (χ1) is 20.3. The Bertz CT molecular complexity index is 1370. The minimum Gasteiger partial charge on any atom is -0.429 e. The van der Waals surface area contributed by atoms with E-state index in [0.717, 1.165) is 43.2 Å². The summed E-state index contributed by atoms with van der Waals surface area (Å²) in [7, 11) is 0. The quantitative estimate of drug-likeness (QED) is 0.159. The van der Waals surface area contributed by atoms with Gasteiger partial charge in [0.2, 0.25) is 0 Å². The molecule has 1 saturated heterocycles. The largest absolute Gasteiger partial charge is 0.573 e. The number of halogens is 8. The molecule has 0 radical (unpaired) electrons. The van der Waals surface area contributed by atoms with Gasteiger partial charge in [-0.3, -0.25) is 0 Å². The van der Waals surface area contributed by atoms with E-state index in [1.54, 1.807) is 0 Å². The Balaban J connectivity index is 1.35. The topological polar surface area (TPSA) is 36.9 Å². The molecule has 0 aliphatic carbocycles. The maximum Gasteiger partial charge on any atom is 0.573 e. The van der Waals surface area contributed by atoms with Gasteiger partial charge in [0.15, 0.2) is 17.9 Å². The molecule has 4 rings (SSSR count). The smallest absolute Gasteiger partial charge is 0.429 e. The summed E-state index contributed by atoms with van der Waals surface area (Å²) in [5.41, 5.74) is -0.404. The van der Waals surface area contributed by atoms with Crippen molar-refractivity contribution in [3.8, 4) is 11.5 Å². The molecule has 0 spiro atoms. The van der Waals surface area contributed by atoms with Crippen LogP contribution in [-0.4, -0.2) is 19.6 Å². The molecule has 232 valence electrons. The third kappa shape index (κ3) is 8.93. The Morgan fingerprint density at radius 2 is 1.47 bits per heavy atom. The van der Waals surface area contributed by atoms with Crippen LogP contribution in [0.2, 0.25) is 0 Å². The zero-order chi connectivity index (χ0) is 31.2. The van der Waals surface area contributed by atoms with Gasteiger partial charge in [-0.05, 0) is 62.4 Å². The van der Waals surface area contributed by atoms with E-state index in [2.05, 4.69) is 15.5 Å². The fraction of sp³-hybridized carbons (Fsp3) is 0.355. The van der Waals surface area contributed by atoms with Gasteiger partial charge in [0.25, 0.3) is 0 Å². The van der Waals surface area contributed by atoms with Crippen LogP contribution < -0.4 is 9.47 Å². The number of hydrogen-bond donors (Lipinski definition) is 0. The molecular formula is C31H28F8O4. The summed E-state index contributed by atoms with van der Waals surface area (Å²) in [4.78, 5) is 0. The van der Waals surface area contributed by atoms with E-state index in [9.17, 15) is 35.1 Å². The van der Waals surface area contributed by atoms with E-state index >= 15 is 0 Å². The molecular weight excluding hydrogens is 588 g/mol. The number of benzene rings is 3. The summed E-state index contributed by atoms with van der Waals surface area (Å²) in [6.07, 6.45) is -4.41. The molecule has 0 aromatic heterocycles. The molecule has 3 aromatic rings. The summed E-state index contributed by atoms with van der Waals surface area (Å²) < 4.78 is 130. The van der Waals surface area contributed by atoms with Crippen molar-refractivity contribution in [3.63, 3.8) is 0 Å². The number of rotatable bonds is 11. The molecule has 12 heteroatoms. The Kier molecular flexibility index (Phi) is 10.3. The minimum atomic E-state index is -5.09. The van der Waals surface area contributed by atoms with Crippen molar-refractivity contribution < 1.29 is 54.1 Å². The Hall–Kier alpha value is -3.64. The lowest BCUT2D eigenvalue weighted by molar-refractivity contribution is -0.275. The molecule has 4 nitrogen and oxygen atoms in total. The van der Waals surface area contributed by atoms with Crippen LogP contribution in [0.15, 0.2) is 66.7 Å². The predicted molar refractivity (Wildman–Crippen MR) is 140 cm³/mol. The highest BCUT2D eigenvalue weighted by Crippen LogP contribution is 2.35. The van der Waals surface area contributed by atoms with Crippen molar-refractivity contribution in [2.75, 3.05) is 13.2 Å². The molecule has 1 aliphatic rings. The van der Waals surface area contributed by atoms with Crippen LogP contribution in [0, 0.1) is 23.4 Å². The van der Waals surface area contributed by atoms with Gasteiger partial charge in [0.1, 0.15) is 17.4 Å². The average molecular weight is 617 g/mol. The Morgan fingerprint density at radius 3 is 2.05 bits per heavy atom. The van der Waals surface area contributed by atoms with Gasteiger partial charge < -0.3 is 18.9 Å². The molecule has 0 amide bonds. The SMILES string of the molecule is C/C=C/CCC1COC(c2ccc(C(F)(F)Oc3cc(F)c(CCc4ccc(OC(F)(F)F)c(F)c4)c(F)c3)cc2)OC1. The van der Waals surface area contributed by atoms with Crippen LogP contribution in [0.3, 0.4) is 0 Å². The number of aryl methyl sites for hydroxylation is 1. The van der Waals surface area contributed by atoms with Gasteiger partial charge in [-0.15, -0.1) is 13.2 Å². The molecule has 0 unspecified atom stereocenters. The number of ether oxygens (including phenoxy) is 4. The summed E-state index contributed by atoms with van der Waals surface area (Å²) in [6, 6.07) is 8.79. The Morgan fingerprint density at radius 1 is 0.814 bits per heavy atom. The van der Waals surface area contributed by atoms with E-state index in [4.69, 9.17) is 9.47 Å². The third-order valence-corrected chi connectivity index (χ3v) is 6.71. The van der Waals surface area contributed by atoms with E-state index in [1.165, 1.54) is 12.1 Å². The summed E-state index contributed by atoms with van der Waals surface area (Å²) >= 11 is 0. The van der Waals surface area contributed by atoms with Crippen molar-refractivity contribution in [2.45, 2.75) is 51.4 Å². The van der Waals surface area contributed by atoms with Gasteiger partial charge in [0, 0.05) is 29.2 Å². The maximum atomic E-state index is 14.9. The number of allylic oxidation sites excluding steroid dienone is 2. The van der Waals surface area contributed by atoms with Crippen molar-refractivity contribution in [3.05, 3.63) is 106 Å². The number of hydrogen-bond acceptors (Lipinski definition) is 4. The fourth-order valence-corrected chi connectivity index (χ4v) is 4.50. The highest BCUT2D eigenvalue weighted by Gasteiger charge is 2.36. The monoisotopic (exact) mass is 616 g/mol. The second-order valence-corrected chi connectivity index (χ2v) is 9.93. The predicted octanol–water partition coefficient (Wildman–Crippen LogP) is 8.93. The molecule has 0 saturated carbocycles. The lowest BCUT2D eigenvalue weighted by Gasteiger charge is -2.29. The molecule has 0 N–H and O–H groups in total. The van der Waals surface area contributed by atoms with E-state index in [0.29, 0.717) is 30.9 Å². The van der Waals surface area contributed by atoms with Gasteiger partial charge in [-0.1, -0.05) is 30.4 Å². The van der Waals surface area contributed by atoms with E-state index < -0.39 is 58.8 Å².